The number of rotatable bonds is 28. The van der Waals surface area contributed by atoms with E-state index < -0.39 is 12.2 Å². The average molecular weight is 601 g/mol. The number of hydrogen-bond acceptors (Lipinski definition) is 6. The number of allylic oxidation sites excluding steroid dienone is 10. The number of ether oxygens (including phenoxy) is 2. The lowest BCUT2D eigenvalue weighted by Crippen LogP contribution is -2.28. The molecule has 6 nitrogen and oxygen atoms in total. The van der Waals surface area contributed by atoms with Crippen molar-refractivity contribution in [3.63, 3.8) is 0 Å². The van der Waals surface area contributed by atoms with Crippen LogP contribution in [0.2, 0.25) is 0 Å². The van der Waals surface area contributed by atoms with Crippen molar-refractivity contribution >= 4 is 11.9 Å². The molecular formula is C37H60O6. The van der Waals surface area contributed by atoms with Crippen molar-refractivity contribution < 1.29 is 29.3 Å². The molecule has 0 aliphatic heterocycles. The van der Waals surface area contributed by atoms with E-state index in [9.17, 15) is 19.8 Å². The highest BCUT2D eigenvalue weighted by atomic mass is 16.6. The Labute approximate surface area is 262 Å². The Morgan fingerprint density at radius 3 is 1.91 bits per heavy atom. The molecule has 0 bridgehead atoms. The highest BCUT2D eigenvalue weighted by Crippen LogP contribution is 2.11. The molecule has 2 N–H and O–H groups in total. The van der Waals surface area contributed by atoms with Crippen LogP contribution >= 0.6 is 0 Å². The Bertz CT molecular complexity index is 836. The number of hydrogen-bond donors (Lipinski definition) is 2. The Kier molecular flexibility index (Phi) is 30.2. The Hall–Kier alpha value is -2.70. The van der Waals surface area contributed by atoms with Crippen LogP contribution in [0.15, 0.2) is 72.9 Å². The fourth-order valence-corrected chi connectivity index (χ4v) is 4.07. The predicted octanol–water partition coefficient (Wildman–Crippen LogP) is 8.80. The molecule has 0 spiro atoms. The third kappa shape index (κ3) is 30.6. The van der Waals surface area contributed by atoms with Crippen molar-refractivity contribution in [2.75, 3.05) is 13.2 Å². The third-order valence-electron chi connectivity index (χ3n) is 6.61. The van der Waals surface area contributed by atoms with Crippen LogP contribution < -0.4 is 0 Å². The molecule has 0 radical (unpaired) electrons. The minimum atomic E-state index is -0.811. The quantitative estimate of drug-likeness (QED) is 0.0403. The van der Waals surface area contributed by atoms with E-state index in [1.165, 1.54) is 38.5 Å². The van der Waals surface area contributed by atoms with E-state index in [0.29, 0.717) is 19.3 Å². The number of aliphatic hydroxyl groups is 2. The lowest BCUT2D eigenvalue weighted by molar-refractivity contribution is -0.161. The molecule has 6 heteroatoms. The Morgan fingerprint density at radius 2 is 1.28 bits per heavy atom. The molecule has 244 valence electrons. The highest BCUT2D eigenvalue weighted by Gasteiger charge is 2.15. The molecule has 2 atom stereocenters. The van der Waals surface area contributed by atoms with Crippen molar-refractivity contribution in [2.24, 2.45) is 0 Å². The molecule has 0 amide bonds. The minimum absolute atomic E-state index is 0.120. The standard InChI is InChI=1S/C37H60O6/c1-3-5-7-8-9-15-20-23-27-31-37(41)43-35(32-38)33-42-36(40)30-26-22-19-17-14-12-10-11-13-16-18-21-25-29-34(39)28-24-6-4-2/h6,11-14,18-19,21-22,24-25,29,34-35,38-39H,3-5,7-10,15-17,20,23,26-28,30-33H2,1-2H3/b13-11-,14-12-,21-18+,22-19-,24-6-,29-25+/t34?,35-/m0/s1. The van der Waals surface area contributed by atoms with Crippen LogP contribution in [0.25, 0.3) is 0 Å². The molecular weight excluding hydrogens is 540 g/mol. The van der Waals surface area contributed by atoms with E-state index in [0.717, 1.165) is 44.9 Å². The lowest BCUT2D eigenvalue weighted by atomic mass is 10.1. The van der Waals surface area contributed by atoms with Gasteiger partial charge in [-0.3, -0.25) is 9.59 Å². The van der Waals surface area contributed by atoms with Crippen molar-refractivity contribution in [3.05, 3.63) is 72.9 Å². The number of carbonyl (C=O) groups excluding carboxylic acids is 2. The summed E-state index contributed by atoms with van der Waals surface area (Å²) in [6.07, 6.45) is 38.7. The second-order valence-corrected chi connectivity index (χ2v) is 10.7. The topological polar surface area (TPSA) is 93.1 Å². The first kappa shape index (κ1) is 40.3. The van der Waals surface area contributed by atoms with Gasteiger partial charge in [0.05, 0.1) is 12.7 Å². The van der Waals surface area contributed by atoms with E-state index in [1.807, 2.05) is 30.4 Å². The summed E-state index contributed by atoms with van der Waals surface area (Å²) in [5.74, 6) is -0.721. The van der Waals surface area contributed by atoms with E-state index in [1.54, 1.807) is 6.08 Å². The first-order valence-electron chi connectivity index (χ1n) is 16.6. The zero-order chi connectivity index (χ0) is 31.6. The SMILES string of the molecule is CC/C=C\CC(O)/C=C/C=C/C/C=C\C/C=C\C/C=C\CCC(=O)OC[C@H](CO)OC(=O)CCCCCCCCCCC. The van der Waals surface area contributed by atoms with Gasteiger partial charge in [0, 0.05) is 12.8 Å². The summed E-state index contributed by atoms with van der Waals surface area (Å²) in [5, 5.41) is 19.2. The van der Waals surface area contributed by atoms with Crippen LogP contribution in [0.1, 0.15) is 123 Å². The fraction of sp³-hybridized carbons (Fsp3) is 0.622. The molecule has 0 saturated carbocycles. The Balaban J connectivity index is 3.82. The van der Waals surface area contributed by atoms with Crippen LogP contribution in [0.3, 0.4) is 0 Å². The number of unbranched alkanes of at least 4 members (excludes halogenated alkanes) is 8. The van der Waals surface area contributed by atoms with Crippen LogP contribution in [-0.4, -0.2) is 47.6 Å². The average Bonchev–Trinajstić information content (AvgIpc) is 3.00. The van der Waals surface area contributed by atoms with Gasteiger partial charge in [0.1, 0.15) is 6.61 Å². The van der Waals surface area contributed by atoms with Crippen LogP contribution in [0, 0.1) is 0 Å². The Morgan fingerprint density at radius 1 is 0.674 bits per heavy atom. The van der Waals surface area contributed by atoms with Crippen molar-refractivity contribution in [2.45, 2.75) is 135 Å². The minimum Gasteiger partial charge on any atom is -0.462 e. The largest absolute Gasteiger partial charge is 0.462 e. The van der Waals surface area contributed by atoms with Crippen LogP contribution in [-0.2, 0) is 19.1 Å². The zero-order valence-corrected chi connectivity index (χ0v) is 27.0. The molecule has 0 fully saturated rings. The number of aliphatic hydroxyl groups excluding tert-OH is 2. The van der Waals surface area contributed by atoms with Gasteiger partial charge in [0.2, 0.25) is 0 Å². The molecule has 0 aromatic rings. The van der Waals surface area contributed by atoms with E-state index in [-0.39, 0.29) is 31.6 Å². The number of esters is 2. The van der Waals surface area contributed by atoms with E-state index in [4.69, 9.17) is 9.47 Å². The van der Waals surface area contributed by atoms with Gasteiger partial charge in [-0.25, -0.2) is 0 Å². The van der Waals surface area contributed by atoms with Crippen molar-refractivity contribution in [1.29, 1.82) is 0 Å². The van der Waals surface area contributed by atoms with Crippen molar-refractivity contribution in [1.82, 2.24) is 0 Å². The van der Waals surface area contributed by atoms with Gasteiger partial charge >= 0.3 is 11.9 Å². The van der Waals surface area contributed by atoms with Gasteiger partial charge in [-0.2, -0.15) is 0 Å². The summed E-state index contributed by atoms with van der Waals surface area (Å²) in [6, 6.07) is 0. The van der Waals surface area contributed by atoms with Gasteiger partial charge in [0.15, 0.2) is 6.10 Å². The molecule has 0 rings (SSSR count). The highest BCUT2D eigenvalue weighted by molar-refractivity contribution is 5.70. The second kappa shape index (κ2) is 32.2. The van der Waals surface area contributed by atoms with Gasteiger partial charge in [-0.05, 0) is 44.9 Å². The zero-order valence-electron chi connectivity index (χ0n) is 27.0. The predicted molar refractivity (Wildman–Crippen MR) is 179 cm³/mol. The van der Waals surface area contributed by atoms with Crippen molar-refractivity contribution in [3.8, 4) is 0 Å². The smallest absolute Gasteiger partial charge is 0.306 e. The van der Waals surface area contributed by atoms with Gasteiger partial charge in [0.25, 0.3) is 0 Å². The lowest BCUT2D eigenvalue weighted by Gasteiger charge is -2.15. The van der Waals surface area contributed by atoms with Crippen LogP contribution in [0.4, 0.5) is 0 Å². The summed E-state index contributed by atoms with van der Waals surface area (Å²) >= 11 is 0. The van der Waals surface area contributed by atoms with Gasteiger partial charge in [-0.1, -0.05) is 138 Å². The van der Waals surface area contributed by atoms with Gasteiger partial charge < -0.3 is 19.7 Å². The fourth-order valence-electron chi connectivity index (χ4n) is 4.07. The first-order chi connectivity index (χ1) is 21.0. The van der Waals surface area contributed by atoms with E-state index in [2.05, 4.69) is 50.3 Å². The molecule has 0 saturated heterocycles. The number of carbonyl (C=O) groups is 2. The summed E-state index contributed by atoms with van der Waals surface area (Å²) < 4.78 is 10.4. The summed E-state index contributed by atoms with van der Waals surface area (Å²) in [4.78, 5) is 24.0. The summed E-state index contributed by atoms with van der Waals surface area (Å²) in [7, 11) is 0. The maximum atomic E-state index is 12.0. The molecule has 0 aliphatic carbocycles. The summed E-state index contributed by atoms with van der Waals surface area (Å²) in [6.45, 7) is 3.81. The molecule has 43 heavy (non-hydrogen) atoms. The monoisotopic (exact) mass is 600 g/mol. The molecule has 0 aliphatic rings. The molecule has 1 unspecified atom stereocenters. The van der Waals surface area contributed by atoms with Gasteiger partial charge in [-0.15, -0.1) is 0 Å². The third-order valence-corrected chi connectivity index (χ3v) is 6.61. The normalized spacial score (nSPS) is 13.9. The molecule has 0 heterocycles. The maximum absolute atomic E-state index is 12.0. The first-order valence-corrected chi connectivity index (χ1v) is 16.6. The molecule has 0 aromatic heterocycles. The van der Waals surface area contributed by atoms with E-state index >= 15 is 0 Å². The second-order valence-electron chi connectivity index (χ2n) is 10.7. The summed E-state index contributed by atoms with van der Waals surface area (Å²) in [5.41, 5.74) is 0. The molecule has 0 aromatic carbocycles. The maximum Gasteiger partial charge on any atom is 0.306 e. The van der Waals surface area contributed by atoms with Crippen LogP contribution in [0.5, 0.6) is 0 Å².